The average molecular weight is 288 g/mol. The summed E-state index contributed by atoms with van der Waals surface area (Å²) < 4.78 is 17.7. The molecule has 0 spiro atoms. The molecule has 0 amide bonds. The van der Waals surface area contributed by atoms with Crippen molar-refractivity contribution >= 4 is 0 Å². The van der Waals surface area contributed by atoms with Gasteiger partial charge in [0, 0.05) is 5.41 Å². The van der Waals surface area contributed by atoms with Gasteiger partial charge in [0.15, 0.2) is 0 Å². The van der Waals surface area contributed by atoms with Crippen molar-refractivity contribution in [2.24, 2.45) is 11.3 Å². The highest BCUT2D eigenvalue weighted by molar-refractivity contribution is 4.81. The van der Waals surface area contributed by atoms with Crippen molar-refractivity contribution in [1.29, 1.82) is 0 Å². The minimum Gasteiger partial charge on any atom is -0.378 e. The van der Waals surface area contributed by atoms with Gasteiger partial charge in [-0.1, -0.05) is 13.8 Å². The molecular weight excluding hydrogens is 252 g/mol. The predicted octanol–water partition coefficient (Wildman–Crippen LogP) is 4.29. The quantitative estimate of drug-likeness (QED) is 0.567. The second-order valence-corrected chi connectivity index (χ2v) is 7.18. The summed E-state index contributed by atoms with van der Waals surface area (Å²) in [5.41, 5.74) is -0.0486. The van der Waals surface area contributed by atoms with Gasteiger partial charge in [0.1, 0.15) is 0 Å². The van der Waals surface area contributed by atoms with Gasteiger partial charge in [-0.2, -0.15) is 0 Å². The molecule has 0 aromatic carbocycles. The van der Waals surface area contributed by atoms with Crippen molar-refractivity contribution in [3.8, 4) is 0 Å². The third-order valence-electron chi connectivity index (χ3n) is 3.01. The van der Waals surface area contributed by atoms with E-state index in [2.05, 4.69) is 55.4 Å². The fourth-order valence-corrected chi connectivity index (χ4v) is 2.20. The highest BCUT2D eigenvalue weighted by Gasteiger charge is 2.33. The fourth-order valence-electron chi connectivity index (χ4n) is 2.20. The van der Waals surface area contributed by atoms with E-state index < -0.39 is 0 Å². The van der Waals surface area contributed by atoms with Gasteiger partial charge in [0.2, 0.25) is 0 Å². The van der Waals surface area contributed by atoms with Crippen LogP contribution in [0.5, 0.6) is 0 Å². The summed E-state index contributed by atoms with van der Waals surface area (Å²) in [7, 11) is 0. The van der Waals surface area contributed by atoms with Gasteiger partial charge in [-0.15, -0.1) is 0 Å². The highest BCUT2D eigenvalue weighted by Crippen LogP contribution is 2.30. The predicted molar refractivity (Wildman–Crippen MR) is 85.2 cm³/mol. The maximum atomic E-state index is 5.91. The van der Waals surface area contributed by atoms with Crippen LogP contribution < -0.4 is 0 Å². The molecule has 0 fully saturated rings. The molecule has 0 heterocycles. The average Bonchev–Trinajstić information content (AvgIpc) is 2.30. The fraction of sp³-hybridized carbons (Fsp3) is 1.00. The Labute approximate surface area is 126 Å². The van der Waals surface area contributed by atoms with Gasteiger partial charge in [-0.3, -0.25) is 0 Å². The van der Waals surface area contributed by atoms with E-state index in [1.807, 2.05) is 0 Å². The lowest BCUT2D eigenvalue weighted by Gasteiger charge is -2.36. The van der Waals surface area contributed by atoms with Gasteiger partial charge >= 0.3 is 0 Å². The monoisotopic (exact) mass is 288 g/mol. The minimum atomic E-state index is -0.0486. The van der Waals surface area contributed by atoms with E-state index in [0.717, 1.165) is 6.42 Å². The van der Waals surface area contributed by atoms with Crippen molar-refractivity contribution in [3.05, 3.63) is 0 Å². The van der Waals surface area contributed by atoms with Crippen molar-refractivity contribution < 1.29 is 14.2 Å². The molecule has 0 saturated heterocycles. The zero-order chi connectivity index (χ0) is 15.8. The number of rotatable bonds is 11. The molecule has 3 heteroatoms. The summed E-state index contributed by atoms with van der Waals surface area (Å²) in [6, 6.07) is 0. The molecule has 0 aromatic rings. The summed E-state index contributed by atoms with van der Waals surface area (Å²) in [6.45, 7) is 19.0. The maximum absolute atomic E-state index is 5.91. The number of hydrogen-bond donors (Lipinski definition) is 0. The molecule has 0 atom stereocenters. The maximum Gasteiger partial charge on any atom is 0.0570 e. The Bertz CT molecular complexity index is 203. The molecular formula is C17H36O3. The van der Waals surface area contributed by atoms with Crippen molar-refractivity contribution in [3.63, 3.8) is 0 Å². The minimum absolute atomic E-state index is 0.0486. The van der Waals surface area contributed by atoms with Crippen LogP contribution in [0.25, 0.3) is 0 Å². The van der Waals surface area contributed by atoms with Crippen LogP contribution in [0, 0.1) is 11.3 Å². The summed E-state index contributed by atoms with van der Waals surface area (Å²) >= 11 is 0. The molecule has 0 N–H and O–H groups in total. The van der Waals surface area contributed by atoms with Crippen LogP contribution in [-0.2, 0) is 14.2 Å². The summed E-state index contributed by atoms with van der Waals surface area (Å²) in [5, 5.41) is 0. The van der Waals surface area contributed by atoms with Gasteiger partial charge < -0.3 is 14.2 Å². The summed E-state index contributed by atoms with van der Waals surface area (Å²) in [5.74, 6) is 0.595. The number of hydrogen-bond acceptors (Lipinski definition) is 3. The summed E-state index contributed by atoms with van der Waals surface area (Å²) in [4.78, 5) is 0. The second-order valence-electron chi connectivity index (χ2n) is 7.18. The first-order chi connectivity index (χ1) is 9.17. The molecule has 122 valence electrons. The van der Waals surface area contributed by atoms with Crippen LogP contribution in [0.1, 0.15) is 61.8 Å². The van der Waals surface area contributed by atoms with Crippen LogP contribution in [0.4, 0.5) is 0 Å². The van der Waals surface area contributed by atoms with Crippen LogP contribution in [0.2, 0.25) is 0 Å². The van der Waals surface area contributed by atoms with Crippen LogP contribution in [0.3, 0.4) is 0 Å². The van der Waals surface area contributed by atoms with Gasteiger partial charge in [0.25, 0.3) is 0 Å². The zero-order valence-electron chi connectivity index (χ0n) is 14.9. The molecule has 0 bridgehead atoms. The Morgan fingerprint density at radius 2 is 0.900 bits per heavy atom. The molecule has 0 aromatic heterocycles. The molecule has 0 aliphatic heterocycles. The van der Waals surface area contributed by atoms with Gasteiger partial charge in [0.05, 0.1) is 38.1 Å². The van der Waals surface area contributed by atoms with Gasteiger partial charge in [-0.25, -0.2) is 0 Å². The van der Waals surface area contributed by atoms with E-state index in [9.17, 15) is 0 Å². The highest BCUT2D eigenvalue weighted by atomic mass is 16.5. The number of ether oxygens (including phenoxy) is 3. The first-order valence-electron chi connectivity index (χ1n) is 8.01. The first kappa shape index (κ1) is 19.9. The third-order valence-corrected chi connectivity index (χ3v) is 3.01. The van der Waals surface area contributed by atoms with Crippen molar-refractivity contribution in [1.82, 2.24) is 0 Å². The van der Waals surface area contributed by atoms with E-state index in [0.29, 0.717) is 25.7 Å². The smallest absolute Gasteiger partial charge is 0.0570 e. The lowest BCUT2D eigenvalue weighted by molar-refractivity contribution is -0.108. The zero-order valence-corrected chi connectivity index (χ0v) is 14.9. The van der Waals surface area contributed by atoms with E-state index >= 15 is 0 Å². The largest absolute Gasteiger partial charge is 0.378 e. The SMILES string of the molecule is CC(C)CC(COC(C)C)(COC(C)C)COC(C)C. The van der Waals surface area contributed by atoms with E-state index in [1.54, 1.807) is 0 Å². The normalized spacial score (nSPS) is 13.2. The topological polar surface area (TPSA) is 27.7 Å². The van der Waals surface area contributed by atoms with E-state index in [-0.39, 0.29) is 23.7 Å². The Kier molecular flexibility index (Phi) is 9.69. The molecule has 0 radical (unpaired) electrons. The third kappa shape index (κ3) is 9.73. The molecule has 0 unspecified atom stereocenters. The lowest BCUT2D eigenvalue weighted by atomic mass is 9.82. The Hall–Kier alpha value is -0.120. The second kappa shape index (κ2) is 9.75. The molecule has 20 heavy (non-hydrogen) atoms. The standard InChI is InChI=1S/C17H36O3/c1-13(2)9-17(10-18-14(3)4,11-19-15(5)6)12-20-16(7)8/h13-16H,9-12H2,1-8H3. The Morgan fingerprint density at radius 1 is 0.600 bits per heavy atom. The Morgan fingerprint density at radius 3 is 1.10 bits per heavy atom. The van der Waals surface area contributed by atoms with Crippen LogP contribution in [-0.4, -0.2) is 38.1 Å². The van der Waals surface area contributed by atoms with Crippen LogP contribution in [0.15, 0.2) is 0 Å². The molecule has 0 saturated carbocycles. The summed E-state index contributed by atoms with van der Waals surface area (Å²) in [6.07, 6.45) is 1.76. The van der Waals surface area contributed by atoms with Gasteiger partial charge in [-0.05, 0) is 53.9 Å². The molecule has 0 aliphatic rings. The van der Waals surface area contributed by atoms with Crippen LogP contribution >= 0.6 is 0 Å². The van der Waals surface area contributed by atoms with Crippen molar-refractivity contribution in [2.45, 2.75) is 80.1 Å². The molecule has 3 nitrogen and oxygen atoms in total. The Balaban J connectivity index is 4.84. The van der Waals surface area contributed by atoms with Crippen molar-refractivity contribution in [2.75, 3.05) is 19.8 Å². The molecule has 0 aliphatic carbocycles. The first-order valence-corrected chi connectivity index (χ1v) is 8.01. The van der Waals surface area contributed by atoms with E-state index in [4.69, 9.17) is 14.2 Å². The van der Waals surface area contributed by atoms with E-state index in [1.165, 1.54) is 0 Å². The lowest BCUT2D eigenvalue weighted by Crippen LogP contribution is -2.40. The molecule has 0 rings (SSSR count).